The van der Waals surface area contributed by atoms with Gasteiger partial charge in [0.2, 0.25) is 0 Å². The highest BCUT2D eigenvalue weighted by atomic mass is 79.9. The third-order valence-corrected chi connectivity index (χ3v) is 6.24. The van der Waals surface area contributed by atoms with Gasteiger partial charge in [0.1, 0.15) is 5.60 Å². The van der Waals surface area contributed by atoms with Crippen LogP contribution >= 0.6 is 39.1 Å². The summed E-state index contributed by atoms with van der Waals surface area (Å²) in [6, 6.07) is 10.5. The molecule has 7 heteroatoms. The van der Waals surface area contributed by atoms with E-state index in [2.05, 4.69) is 15.9 Å². The first-order valence-electron chi connectivity index (χ1n) is 8.17. The fraction of sp³-hybridized carbons (Fsp3) is 0.263. The minimum Gasteiger partial charge on any atom is -0.450 e. The van der Waals surface area contributed by atoms with Gasteiger partial charge >= 0.3 is 5.97 Å². The quantitative estimate of drug-likeness (QED) is 0.566. The largest absolute Gasteiger partial charge is 0.450 e. The number of carbonyl (C=O) groups excluding carboxylic acids is 2. The van der Waals surface area contributed by atoms with Gasteiger partial charge in [-0.3, -0.25) is 4.79 Å². The van der Waals surface area contributed by atoms with E-state index in [1.807, 2.05) is 12.1 Å². The van der Waals surface area contributed by atoms with E-state index in [9.17, 15) is 9.59 Å². The van der Waals surface area contributed by atoms with Crippen molar-refractivity contribution in [3.05, 3.63) is 67.6 Å². The maximum atomic E-state index is 12.7. The van der Waals surface area contributed by atoms with Crippen molar-refractivity contribution in [3.8, 4) is 0 Å². The van der Waals surface area contributed by atoms with Crippen LogP contribution in [-0.2, 0) is 10.3 Å². The molecule has 0 aliphatic carbocycles. The van der Waals surface area contributed by atoms with E-state index in [1.54, 1.807) is 29.2 Å². The lowest BCUT2D eigenvalue weighted by atomic mass is 9.83. The first-order chi connectivity index (χ1) is 12.4. The molecule has 2 aromatic carbocycles. The molecule has 2 aliphatic rings. The average molecular weight is 455 g/mol. The summed E-state index contributed by atoms with van der Waals surface area (Å²) in [6.45, 7) is 1.00. The topological polar surface area (TPSA) is 46.6 Å². The van der Waals surface area contributed by atoms with Crippen LogP contribution in [0.3, 0.4) is 0 Å². The van der Waals surface area contributed by atoms with Crippen molar-refractivity contribution in [2.45, 2.75) is 18.4 Å². The second kappa shape index (κ2) is 6.55. The molecule has 0 radical (unpaired) electrons. The Morgan fingerprint density at radius 1 is 1.08 bits per heavy atom. The Labute approximate surface area is 169 Å². The maximum absolute atomic E-state index is 12.7. The SMILES string of the molecule is O=C1OC2(CCN(C(=O)c3ccc(Cl)c(Cl)c3)CC2)c2ccc(Br)cc21. The molecule has 0 atom stereocenters. The summed E-state index contributed by atoms with van der Waals surface area (Å²) < 4.78 is 6.59. The highest BCUT2D eigenvalue weighted by molar-refractivity contribution is 9.10. The summed E-state index contributed by atoms with van der Waals surface area (Å²) in [4.78, 5) is 26.7. The van der Waals surface area contributed by atoms with E-state index in [4.69, 9.17) is 27.9 Å². The number of carbonyl (C=O) groups is 2. The molecular weight excluding hydrogens is 441 g/mol. The molecule has 4 rings (SSSR count). The summed E-state index contributed by atoms with van der Waals surface area (Å²) >= 11 is 15.3. The van der Waals surface area contributed by atoms with Crippen molar-refractivity contribution < 1.29 is 14.3 Å². The molecule has 0 saturated carbocycles. The fourth-order valence-corrected chi connectivity index (χ4v) is 4.28. The van der Waals surface area contributed by atoms with Gasteiger partial charge in [0.05, 0.1) is 15.6 Å². The lowest BCUT2D eigenvalue weighted by Crippen LogP contribution is -2.45. The second-order valence-corrected chi connectivity index (χ2v) is 8.22. The van der Waals surface area contributed by atoms with Crippen LogP contribution in [0.15, 0.2) is 40.9 Å². The molecule has 0 unspecified atom stereocenters. The number of ether oxygens (including phenoxy) is 1. The summed E-state index contributed by atoms with van der Waals surface area (Å²) in [6.07, 6.45) is 1.14. The highest BCUT2D eigenvalue weighted by Gasteiger charge is 2.47. The Hall–Kier alpha value is -1.56. The standard InChI is InChI=1S/C19H14BrCl2NO3/c20-12-2-3-14-13(10-12)18(25)26-19(14)5-7-23(8-6-19)17(24)11-1-4-15(21)16(22)9-11/h1-4,9-10H,5-8H2. The fourth-order valence-electron chi connectivity index (χ4n) is 3.62. The molecule has 4 nitrogen and oxygen atoms in total. The number of fused-ring (bicyclic) bond motifs is 2. The average Bonchev–Trinajstić information content (AvgIpc) is 2.89. The van der Waals surface area contributed by atoms with Crippen LogP contribution in [0.25, 0.3) is 0 Å². The molecule has 2 aliphatic heterocycles. The van der Waals surface area contributed by atoms with Gasteiger partial charge in [0.25, 0.3) is 5.91 Å². The monoisotopic (exact) mass is 453 g/mol. The van der Waals surface area contributed by atoms with Crippen molar-refractivity contribution in [2.75, 3.05) is 13.1 Å². The summed E-state index contributed by atoms with van der Waals surface area (Å²) in [5, 5.41) is 0.775. The Kier molecular flexibility index (Phi) is 4.49. The van der Waals surface area contributed by atoms with E-state index in [0.29, 0.717) is 47.1 Å². The van der Waals surface area contributed by atoms with Crippen LogP contribution in [0.4, 0.5) is 0 Å². The predicted octanol–water partition coefficient (Wildman–Crippen LogP) is 5.06. The third-order valence-electron chi connectivity index (χ3n) is 5.01. The molecule has 26 heavy (non-hydrogen) atoms. The van der Waals surface area contributed by atoms with Crippen LogP contribution in [0, 0.1) is 0 Å². The Bertz CT molecular complexity index is 923. The van der Waals surface area contributed by atoms with Crippen molar-refractivity contribution in [1.29, 1.82) is 0 Å². The molecule has 2 aromatic rings. The Morgan fingerprint density at radius 2 is 1.81 bits per heavy atom. The highest BCUT2D eigenvalue weighted by Crippen LogP contribution is 2.45. The van der Waals surface area contributed by atoms with Crippen molar-refractivity contribution in [2.24, 2.45) is 0 Å². The molecule has 0 aromatic heterocycles. The number of likely N-dealkylation sites (tertiary alicyclic amines) is 1. The van der Waals surface area contributed by atoms with E-state index < -0.39 is 5.60 Å². The molecule has 0 N–H and O–H groups in total. The zero-order valence-corrected chi connectivity index (χ0v) is 16.7. The predicted molar refractivity (Wildman–Crippen MR) is 103 cm³/mol. The van der Waals surface area contributed by atoms with Crippen LogP contribution in [0.2, 0.25) is 10.0 Å². The van der Waals surface area contributed by atoms with Gasteiger partial charge in [-0.15, -0.1) is 0 Å². The summed E-state index contributed by atoms with van der Waals surface area (Å²) in [7, 11) is 0. The number of halogens is 3. The van der Waals surface area contributed by atoms with Crippen molar-refractivity contribution >= 4 is 51.0 Å². The normalized spacial score (nSPS) is 18.0. The summed E-state index contributed by atoms with van der Waals surface area (Å²) in [5.74, 6) is -0.399. The number of benzene rings is 2. The van der Waals surface area contributed by atoms with Gasteiger partial charge in [-0.1, -0.05) is 45.2 Å². The number of esters is 1. The van der Waals surface area contributed by atoms with Gasteiger partial charge in [-0.25, -0.2) is 4.79 Å². The maximum Gasteiger partial charge on any atom is 0.339 e. The van der Waals surface area contributed by atoms with E-state index in [1.165, 1.54) is 0 Å². The zero-order chi connectivity index (χ0) is 18.5. The van der Waals surface area contributed by atoms with E-state index in [0.717, 1.165) is 10.0 Å². The second-order valence-electron chi connectivity index (χ2n) is 6.49. The number of amides is 1. The van der Waals surface area contributed by atoms with Crippen LogP contribution in [0.1, 0.15) is 39.1 Å². The molecule has 1 amide bonds. The minimum atomic E-state index is -0.637. The Morgan fingerprint density at radius 3 is 2.50 bits per heavy atom. The number of piperidine rings is 1. The first kappa shape index (κ1) is 17.8. The van der Waals surface area contributed by atoms with Crippen molar-refractivity contribution in [3.63, 3.8) is 0 Å². The van der Waals surface area contributed by atoms with Crippen molar-refractivity contribution in [1.82, 2.24) is 4.90 Å². The summed E-state index contributed by atoms with van der Waals surface area (Å²) in [5.41, 5.74) is 1.38. The third kappa shape index (κ3) is 2.92. The van der Waals surface area contributed by atoms with E-state index in [-0.39, 0.29) is 11.9 Å². The lowest BCUT2D eigenvalue weighted by Gasteiger charge is -2.38. The molecule has 134 valence electrons. The molecule has 2 heterocycles. The van der Waals surface area contributed by atoms with E-state index >= 15 is 0 Å². The molecule has 1 fully saturated rings. The number of rotatable bonds is 1. The minimum absolute atomic E-state index is 0.0984. The van der Waals surface area contributed by atoms with Gasteiger partial charge in [0.15, 0.2) is 0 Å². The van der Waals surface area contributed by atoms with Crippen LogP contribution < -0.4 is 0 Å². The van der Waals surface area contributed by atoms with Gasteiger partial charge in [-0.2, -0.15) is 0 Å². The van der Waals surface area contributed by atoms with Gasteiger partial charge < -0.3 is 9.64 Å². The Balaban J connectivity index is 1.54. The van der Waals surface area contributed by atoms with Crippen LogP contribution in [0.5, 0.6) is 0 Å². The molecule has 1 saturated heterocycles. The lowest BCUT2D eigenvalue weighted by molar-refractivity contribution is -0.0389. The number of nitrogens with zero attached hydrogens (tertiary/aromatic N) is 1. The molecule has 1 spiro atoms. The number of hydrogen-bond donors (Lipinski definition) is 0. The molecular formula is C19H14BrCl2NO3. The smallest absolute Gasteiger partial charge is 0.339 e. The van der Waals surface area contributed by atoms with Gasteiger partial charge in [-0.05, 0) is 30.3 Å². The van der Waals surface area contributed by atoms with Gasteiger partial charge in [0, 0.05) is 41.5 Å². The zero-order valence-electron chi connectivity index (χ0n) is 13.6. The molecule has 0 bridgehead atoms. The number of hydrogen-bond acceptors (Lipinski definition) is 3. The van der Waals surface area contributed by atoms with Crippen LogP contribution in [-0.4, -0.2) is 29.9 Å². The first-order valence-corrected chi connectivity index (χ1v) is 9.72.